The molecule has 7 heteroatoms. The summed E-state index contributed by atoms with van der Waals surface area (Å²) in [5, 5.41) is 9.66. The zero-order valence-corrected chi connectivity index (χ0v) is 16.1. The predicted octanol–water partition coefficient (Wildman–Crippen LogP) is 1.61. The Balaban J connectivity index is 1.53. The molecule has 1 aliphatic carbocycles. The molecule has 3 atom stereocenters. The number of likely N-dealkylation sites (tertiary alicyclic amines) is 1. The van der Waals surface area contributed by atoms with E-state index in [9.17, 15) is 9.90 Å². The Bertz CT molecular complexity index is 642. The van der Waals surface area contributed by atoms with Gasteiger partial charge in [0, 0.05) is 38.6 Å². The second-order valence-electron chi connectivity index (χ2n) is 8.19. The van der Waals surface area contributed by atoms with Gasteiger partial charge in [-0.05, 0) is 44.1 Å². The van der Waals surface area contributed by atoms with Crippen LogP contribution in [0.25, 0.3) is 0 Å². The number of methoxy groups -OCH3 is 1. The fourth-order valence-electron chi connectivity index (χ4n) is 5.16. The summed E-state index contributed by atoms with van der Waals surface area (Å²) in [4.78, 5) is 26.5. The topological polar surface area (TPSA) is 78.8 Å². The van der Waals surface area contributed by atoms with Crippen molar-refractivity contribution in [3.8, 4) is 0 Å². The lowest BCUT2D eigenvalue weighted by Gasteiger charge is -2.41. The van der Waals surface area contributed by atoms with Gasteiger partial charge in [0.05, 0.1) is 12.2 Å². The quantitative estimate of drug-likeness (QED) is 0.863. The van der Waals surface area contributed by atoms with Crippen molar-refractivity contribution in [2.45, 2.75) is 62.6 Å². The molecule has 27 heavy (non-hydrogen) atoms. The summed E-state index contributed by atoms with van der Waals surface area (Å²) in [6.45, 7) is 1.26. The van der Waals surface area contributed by atoms with Crippen molar-refractivity contribution < 1.29 is 14.6 Å². The zero-order chi connectivity index (χ0) is 18.9. The number of amides is 1. The summed E-state index contributed by atoms with van der Waals surface area (Å²) in [5.74, 6) is 1.42. The van der Waals surface area contributed by atoms with Crippen LogP contribution in [0, 0.1) is 5.92 Å². The lowest BCUT2D eigenvalue weighted by atomic mass is 9.84. The number of anilines is 1. The molecule has 2 aliphatic heterocycles. The number of nitrogens with zero attached hydrogens (tertiary/aromatic N) is 4. The van der Waals surface area contributed by atoms with Crippen molar-refractivity contribution in [1.82, 2.24) is 14.9 Å². The highest BCUT2D eigenvalue weighted by atomic mass is 16.5. The van der Waals surface area contributed by atoms with Crippen LogP contribution in [0.3, 0.4) is 0 Å². The molecule has 0 unspecified atom stereocenters. The molecule has 1 amide bonds. The number of aromatic nitrogens is 2. The fraction of sp³-hybridized carbons (Fsp3) is 0.750. The number of hydrogen-bond acceptors (Lipinski definition) is 6. The Kier molecular flexibility index (Phi) is 5.32. The number of carbonyl (C=O) groups is 1. The molecule has 3 aliphatic rings. The van der Waals surface area contributed by atoms with Gasteiger partial charge in [-0.25, -0.2) is 9.97 Å². The molecular formula is C20H30N4O3. The molecule has 0 bridgehead atoms. The molecule has 1 aromatic heterocycles. The molecule has 1 saturated carbocycles. The normalized spacial score (nSPS) is 30.2. The molecule has 1 aromatic rings. The third-order valence-electron chi connectivity index (χ3n) is 6.86. The first-order valence-corrected chi connectivity index (χ1v) is 10.2. The Hall–Kier alpha value is -1.73. The maximum Gasteiger partial charge on any atom is 0.245 e. The van der Waals surface area contributed by atoms with Crippen LogP contribution in [-0.4, -0.2) is 70.4 Å². The van der Waals surface area contributed by atoms with Gasteiger partial charge >= 0.3 is 0 Å². The number of hydrogen-bond donors (Lipinski definition) is 1. The number of piperidine rings is 1. The number of rotatable bonds is 4. The first kappa shape index (κ1) is 18.6. The van der Waals surface area contributed by atoms with Crippen LogP contribution >= 0.6 is 0 Å². The summed E-state index contributed by atoms with van der Waals surface area (Å²) in [6, 6.07) is 2.01. The number of aliphatic hydroxyl groups is 1. The minimum absolute atomic E-state index is 0.00306. The molecule has 0 aromatic carbocycles. The number of aliphatic hydroxyl groups excluding tert-OH is 1. The summed E-state index contributed by atoms with van der Waals surface area (Å²) < 4.78 is 5.53. The Morgan fingerprint density at radius 2 is 1.96 bits per heavy atom. The maximum absolute atomic E-state index is 13.4. The van der Waals surface area contributed by atoms with Gasteiger partial charge < -0.3 is 19.6 Å². The summed E-state index contributed by atoms with van der Waals surface area (Å²) in [5.41, 5.74) is -0.497. The Morgan fingerprint density at radius 1 is 1.26 bits per heavy atom. The predicted molar refractivity (Wildman–Crippen MR) is 101 cm³/mol. The van der Waals surface area contributed by atoms with E-state index in [1.165, 1.54) is 19.3 Å². The average molecular weight is 374 g/mol. The van der Waals surface area contributed by atoms with Crippen molar-refractivity contribution in [2.24, 2.45) is 5.92 Å². The first-order chi connectivity index (χ1) is 13.2. The highest BCUT2D eigenvalue weighted by molar-refractivity contribution is 5.86. The molecule has 148 valence electrons. The highest BCUT2D eigenvalue weighted by Gasteiger charge is 2.48. The second kappa shape index (κ2) is 7.72. The van der Waals surface area contributed by atoms with Crippen molar-refractivity contribution in [3.63, 3.8) is 0 Å². The van der Waals surface area contributed by atoms with Crippen molar-refractivity contribution in [2.75, 3.05) is 31.7 Å². The molecule has 3 heterocycles. The number of fused-ring (bicyclic) bond motifs is 1. The molecule has 4 rings (SSSR count). The monoisotopic (exact) mass is 374 g/mol. The first-order valence-electron chi connectivity index (χ1n) is 10.2. The van der Waals surface area contributed by atoms with Crippen LogP contribution in [0.4, 0.5) is 5.95 Å². The lowest BCUT2D eigenvalue weighted by molar-refractivity contribution is -0.140. The second-order valence-corrected chi connectivity index (χ2v) is 8.19. The van der Waals surface area contributed by atoms with Gasteiger partial charge in [0.15, 0.2) is 0 Å². The van der Waals surface area contributed by atoms with Gasteiger partial charge in [0.25, 0.3) is 0 Å². The van der Waals surface area contributed by atoms with Crippen molar-refractivity contribution in [1.29, 1.82) is 0 Å². The third-order valence-corrected chi connectivity index (χ3v) is 6.86. The molecule has 2 saturated heterocycles. The minimum atomic E-state index is -0.497. The van der Waals surface area contributed by atoms with Crippen LogP contribution in [0.1, 0.15) is 44.9 Å². The molecule has 0 spiro atoms. The molecule has 0 radical (unpaired) electrons. The van der Waals surface area contributed by atoms with Gasteiger partial charge in [-0.1, -0.05) is 12.8 Å². The highest BCUT2D eigenvalue weighted by Crippen LogP contribution is 2.42. The van der Waals surface area contributed by atoms with Crippen molar-refractivity contribution in [3.05, 3.63) is 18.5 Å². The van der Waals surface area contributed by atoms with Gasteiger partial charge in [-0.15, -0.1) is 0 Å². The van der Waals surface area contributed by atoms with E-state index in [-0.39, 0.29) is 18.6 Å². The summed E-state index contributed by atoms with van der Waals surface area (Å²) in [7, 11) is 1.64. The van der Waals surface area contributed by atoms with E-state index in [0.29, 0.717) is 43.8 Å². The standard InChI is InChI=1S/C20H30N4O3/c1-27-20(14-25)7-11-23(12-8-20)18(26)17-13-15-5-2-3-6-16(15)24(17)19-21-9-4-10-22-19/h4,9-10,15-17,25H,2-3,5-8,11-14H2,1H3/t15-,16-,17-/m0/s1. The SMILES string of the molecule is COC1(CO)CCN(C(=O)[C@@H]2C[C@@H]3CCCC[C@@H]3N2c2ncccn2)CC1. The van der Waals surface area contributed by atoms with Gasteiger partial charge in [0.2, 0.25) is 11.9 Å². The van der Waals surface area contributed by atoms with Gasteiger partial charge in [0.1, 0.15) is 6.04 Å². The summed E-state index contributed by atoms with van der Waals surface area (Å²) >= 11 is 0. The molecule has 7 nitrogen and oxygen atoms in total. The van der Waals surface area contributed by atoms with E-state index in [1.54, 1.807) is 19.5 Å². The largest absolute Gasteiger partial charge is 0.393 e. The Morgan fingerprint density at radius 3 is 2.63 bits per heavy atom. The van der Waals surface area contributed by atoms with E-state index < -0.39 is 5.60 Å². The molecule has 1 N–H and O–H groups in total. The van der Waals surface area contributed by atoms with Crippen LogP contribution in [0.15, 0.2) is 18.5 Å². The fourth-order valence-corrected chi connectivity index (χ4v) is 5.16. The van der Waals surface area contributed by atoms with Crippen LogP contribution in [-0.2, 0) is 9.53 Å². The third kappa shape index (κ3) is 3.43. The van der Waals surface area contributed by atoms with E-state index in [4.69, 9.17) is 4.74 Å². The number of carbonyl (C=O) groups excluding carboxylic acids is 1. The average Bonchev–Trinajstić information content (AvgIpc) is 3.13. The molecular weight excluding hydrogens is 344 g/mol. The molecule has 3 fully saturated rings. The van der Waals surface area contributed by atoms with Crippen LogP contribution < -0.4 is 4.90 Å². The summed E-state index contributed by atoms with van der Waals surface area (Å²) in [6.07, 6.45) is 10.5. The van der Waals surface area contributed by atoms with Gasteiger partial charge in [-0.3, -0.25) is 4.79 Å². The van der Waals surface area contributed by atoms with E-state index >= 15 is 0 Å². The number of ether oxygens (including phenoxy) is 1. The minimum Gasteiger partial charge on any atom is -0.393 e. The van der Waals surface area contributed by atoms with E-state index in [0.717, 1.165) is 12.8 Å². The Labute approximate surface area is 160 Å². The van der Waals surface area contributed by atoms with Gasteiger partial charge in [-0.2, -0.15) is 0 Å². The van der Waals surface area contributed by atoms with Crippen LogP contribution in [0.2, 0.25) is 0 Å². The maximum atomic E-state index is 13.4. The van der Waals surface area contributed by atoms with Crippen LogP contribution in [0.5, 0.6) is 0 Å². The lowest BCUT2D eigenvalue weighted by Crippen LogP contribution is -2.54. The van der Waals surface area contributed by atoms with Crippen molar-refractivity contribution >= 4 is 11.9 Å². The van der Waals surface area contributed by atoms with E-state index in [2.05, 4.69) is 14.9 Å². The van der Waals surface area contributed by atoms with E-state index in [1.807, 2.05) is 11.0 Å². The smallest absolute Gasteiger partial charge is 0.245 e. The zero-order valence-electron chi connectivity index (χ0n) is 16.1.